The standard InChI is InChI=1S/C16H19Cl2N3O/c1-20(2)15(14-5-4-8-21(14)3)10-19-16(22)12-7-6-11(17)9-13(12)18/h4-9,15H,10H2,1-3H3,(H,19,22). The number of nitrogens with one attached hydrogen (secondary N) is 1. The molecule has 0 aliphatic rings. The molecule has 6 heteroatoms. The molecule has 0 aliphatic carbocycles. The smallest absolute Gasteiger partial charge is 0.252 e. The molecule has 0 fully saturated rings. The van der Waals surface area contributed by atoms with Crippen LogP contribution >= 0.6 is 23.2 Å². The molecule has 1 atom stereocenters. The number of carbonyl (C=O) groups excluding carboxylic acids is 1. The van der Waals surface area contributed by atoms with Gasteiger partial charge in [0, 0.05) is 30.5 Å². The lowest BCUT2D eigenvalue weighted by molar-refractivity contribution is 0.0941. The van der Waals surface area contributed by atoms with Gasteiger partial charge in [0.25, 0.3) is 5.91 Å². The normalized spacial score (nSPS) is 12.5. The van der Waals surface area contributed by atoms with E-state index in [0.717, 1.165) is 5.69 Å². The van der Waals surface area contributed by atoms with Gasteiger partial charge in [0.1, 0.15) is 0 Å². The second-order valence-corrected chi connectivity index (χ2v) is 6.20. The van der Waals surface area contributed by atoms with E-state index in [1.54, 1.807) is 18.2 Å². The number of hydrogen-bond donors (Lipinski definition) is 1. The van der Waals surface area contributed by atoms with Crippen molar-refractivity contribution in [3.8, 4) is 0 Å². The van der Waals surface area contributed by atoms with Crippen LogP contribution < -0.4 is 5.32 Å². The molecule has 2 rings (SSSR count). The zero-order valence-corrected chi connectivity index (χ0v) is 14.3. The zero-order chi connectivity index (χ0) is 16.3. The molecular formula is C16H19Cl2N3O. The van der Waals surface area contributed by atoms with Crippen LogP contribution in [0.5, 0.6) is 0 Å². The summed E-state index contributed by atoms with van der Waals surface area (Å²) >= 11 is 11.9. The molecule has 0 spiro atoms. The topological polar surface area (TPSA) is 37.3 Å². The first-order valence-corrected chi connectivity index (χ1v) is 7.66. The van der Waals surface area contributed by atoms with Gasteiger partial charge in [0.2, 0.25) is 0 Å². The Labute approximate surface area is 140 Å². The van der Waals surface area contributed by atoms with Crippen LogP contribution in [0.3, 0.4) is 0 Å². The molecule has 0 saturated carbocycles. The molecule has 1 heterocycles. The molecule has 1 amide bonds. The predicted octanol–water partition coefficient (Wildman–Crippen LogP) is 3.36. The van der Waals surface area contributed by atoms with Crippen molar-refractivity contribution in [1.82, 2.24) is 14.8 Å². The summed E-state index contributed by atoms with van der Waals surface area (Å²) in [5.74, 6) is -0.206. The van der Waals surface area contributed by atoms with E-state index in [0.29, 0.717) is 22.2 Å². The minimum Gasteiger partial charge on any atom is -0.353 e. The number of rotatable bonds is 5. The lowest BCUT2D eigenvalue weighted by Gasteiger charge is -2.25. The van der Waals surface area contributed by atoms with Crippen LogP contribution in [-0.4, -0.2) is 36.0 Å². The van der Waals surface area contributed by atoms with Crippen LogP contribution in [0.4, 0.5) is 0 Å². The van der Waals surface area contributed by atoms with Gasteiger partial charge in [-0.2, -0.15) is 0 Å². The molecular weight excluding hydrogens is 321 g/mol. The van der Waals surface area contributed by atoms with Crippen molar-refractivity contribution < 1.29 is 4.79 Å². The Morgan fingerprint density at radius 1 is 1.32 bits per heavy atom. The first kappa shape index (κ1) is 16.9. The molecule has 22 heavy (non-hydrogen) atoms. The molecule has 1 unspecified atom stereocenters. The van der Waals surface area contributed by atoms with Crippen LogP contribution in [0.15, 0.2) is 36.5 Å². The van der Waals surface area contributed by atoms with Gasteiger partial charge in [0.05, 0.1) is 16.6 Å². The molecule has 4 nitrogen and oxygen atoms in total. The molecule has 1 aromatic carbocycles. The summed E-state index contributed by atoms with van der Waals surface area (Å²) in [7, 11) is 5.96. The van der Waals surface area contributed by atoms with E-state index in [9.17, 15) is 4.79 Å². The Kier molecular flexibility index (Phi) is 5.51. The summed E-state index contributed by atoms with van der Waals surface area (Å²) in [6, 6.07) is 8.97. The van der Waals surface area contributed by atoms with Gasteiger partial charge in [-0.05, 0) is 44.4 Å². The highest BCUT2D eigenvalue weighted by Crippen LogP contribution is 2.22. The first-order valence-electron chi connectivity index (χ1n) is 6.91. The Hall–Kier alpha value is -1.49. The fraction of sp³-hybridized carbons (Fsp3) is 0.312. The summed E-state index contributed by atoms with van der Waals surface area (Å²) in [5, 5.41) is 3.80. The summed E-state index contributed by atoms with van der Waals surface area (Å²) in [6.45, 7) is 0.489. The number of likely N-dealkylation sites (N-methyl/N-ethyl adjacent to an activating group) is 1. The van der Waals surface area contributed by atoms with Crippen molar-refractivity contribution >= 4 is 29.1 Å². The molecule has 0 radical (unpaired) electrons. The average Bonchev–Trinajstić information content (AvgIpc) is 2.84. The van der Waals surface area contributed by atoms with Gasteiger partial charge in [-0.25, -0.2) is 0 Å². The molecule has 1 aromatic heterocycles. The lowest BCUT2D eigenvalue weighted by Crippen LogP contribution is -2.35. The molecule has 2 aromatic rings. The minimum atomic E-state index is -0.206. The van der Waals surface area contributed by atoms with E-state index < -0.39 is 0 Å². The first-order chi connectivity index (χ1) is 10.4. The second kappa shape index (κ2) is 7.18. The predicted molar refractivity (Wildman–Crippen MR) is 90.6 cm³/mol. The Bertz CT molecular complexity index is 667. The number of carbonyl (C=O) groups is 1. The van der Waals surface area contributed by atoms with Crippen LogP contribution in [0.1, 0.15) is 22.1 Å². The minimum absolute atomic E-state index is 0.0787. The number of halogens is 2. The van der Waals surface area contributed by atoms with Gasteiger partial charge in [-0.15, -0.1) is 0 Å². The quantitative estimate of drug-likeness (QED) is 0.906. The molecule has 0 saturated heterocycles. The SMILES string of the molecule is CN(C)C(CNC(=O)c1ccc(Cl)cc1Cl)c1cccn1C. The van der Waals surface area contributed by atoms with Crippen molar-refractivity contribution in [3.63, 3.8) is 0 Å². The van der Waals surface area contributed by atoms with Crippen molar-refractivity contribution in [3.05, 3.63) is 57.8 Å². The van der Waals surface area contributed by atoms with Crippen molar-refractivity contribution in [2.75, 3.05) is 20.6 Å². The van der Waals surface area contributed by atoms with E-state index in [1.165, 1.54) is 0 Å². The van der Waals surface area contributed by atoms with E-state index in [4.69, 9.17) is 23.2 Å². The number of amides is 1. The highest BCUT2D eigenvalue weighted by molar-refractivity contribution is 6.36. The van der Waals surface area contributed by atoms with Gasteiger partial charge >= 0.3 is 0 Å². The zero-order valence-electron chi connectivity index (χ0n) is 12.8. The fourth-order valence-electron chi connectivity index (χ4n) is 2.33. The lowest BCUT2D eigenvalue weighted by atomic mass is 10.1. The summed E-state index contributed by atoms with van der Waals surface area (Å²) in [4.78, 5) is 14.4. The number of hydrogen-bond acceptors (Lipinski definition) is 2. The van der Waals surface area contributed by atoms with Crippen molar-refractivity contribution in [2.24, 2.45) is 7.05 Å². The van der Waals surface area contributed by atoms with Crippen LogP contribution in [0.2, 0.25) is 10.0 Å². The van der Waals surface area contributed by atoms with Gasteiger partial charge < -0.3 is 9.88 Å². The van der Waals surface area contributed by atoms with E-state index in [-0.39, 0.29) is 11.9 Å². The van der Waals surface area contributed by atoms with Gasteiger partial charge in [-0.3, -0.25) is 9.69 Å². The number of nitrogens with zero attached hydrogens (tertiary/aromatic N) is 2. The number of benzene rings is 1. The maximum Gasteiger partial charge on any atom is 0.252 e. The largest absolute Gasteiger partial charge is 0.353 e. The molecule has 118 valence electrons. The Morgan fingerprint density at radius 3 is 2.59 bits per heavy atom. The third-order valence-corrected chi connectivity index (χ3v) is 4.13. The Balaban J connectivity index is 2.10. The van der Waals surface area contributed by atoms with Crippen LogP contribution in [0, 0.1) is 0 Å². The summed E-state index contributed by atoms with van der Waals surface area (Å²) < 4.78 is 2.05. The van der Waals surface area contributed by atoms with Crippen LogP contribution in [-0.2, 0) is 7.05 Å². The monoisotopic (exact) mass is 339 g/mol. The maximum atomic E-state index is 12.3. The average molecular weight is 340 g/mol. The highest BCUT2D eigenvalue weighted by atomic mass is 35.5. The van der Waals surface area contributed by atoms with Gasteiger partial charge in [0.15, 0.2) is 0 Å². The fourth-order valence-corrected chi connectivity index (χ4v) is 2.82. The van der Waals surface area contributed by atoms with Crippen molar-refractivity contribution in [2.45, 2.75) is 6.04 Å². The number of aromatic nitrogens is 1. The molecule has 1 N–H and O–H groups in total. The third-order valence-electron chi connectivity index (χ3n) is 3.58. The summed E-state index contributed by atoms with van der Waals surface area (Å²) in [6.07, 6.45) is 1.99. The number of aryl methyl sites for hydroxylation is 1. The van der Waals surface area contributed by atoms with E-state index in [1.807, 2.05) is 44.0 Å². The van der Waals surface area contributed by atoms with Gasteiger partial charge in [-0.1, -0.05) is 23.2 Å². The van der Waals surface area contributed by atoms with E-state index in [2.05, 4.69) is 10.2 Å². The molecule has 0 bridgehead atoms. The maximum absolute atomic E-state index is 12.3. The molecule has 0 aliphatic heterocycles. The van der Waals surface area contributed by atoms with Crippen molar-refractivity contribution in [1.29, 1.82) is 0 Å². The summed E-state index contributed by atoms with van der Waals surface area (Å²) in [5.41, 5.74) is 1.56. The van der Waals surface area contributed by atoms with Crippen LogP contribution in [0.25, 0.3) is 0 Å². The van der Waals surface area contributed by atoms with E-state index >= 15 is 0 Å². The highest BCUT2D eigenvalue weighted by Gasteiger charge is 2.19. The Morgan fingerprint density at radius 2 is 2.05 bits per heavy atom. The third kappa shape index (κ3) is 3.83. The second-order valence-electron chi connectivity index (χ2n) is 5.36.